The normalized spacial score (nSPS) is 4.83. The zero-order valence-corrected chi connectivity index (χ0v) is 4.55. The molecule has 0 atom stereocenters. The molecule has 0 spiro atoms. The minimum atomic E-state index is 0.896. The van der Waals surface area contributed by atoms with Crippen LogP contribution >= 0.6 is 0 Å². The molecule has 0 aromatic carbocycles. The van der Waals surface area contributed by atoms with Crippen molar-refractivity contribution in [2.45, 2.75) is 5.32 Å². The molecule has 36 valence electrons. The number of allylic oxidation sites excluding steroid dienone is 1. The monoisotopic (exact) mass is 126 g/mol. The maximum atomic E-state index is 5.00. The van der Waals surface area contributed by atoms with Gasteiger partial charge in [0.2, 0.25) is 0 Å². The zero-order valence-electron chi connectivity index (χ0n) is 3.37. The molecule has 2 nitrogen and oxygen atoms in total. The molecule has 0 saturated carbocycles. The van der Waals surface area contributed by atoms with Crippen LogP contribution in [-0.2, 0) is 16.0 Å². The molecule has 0 fully saturated rings. The van der Waals surface area contributed by atoms with E-state index in [-0.39, 0.29) is 0 Å². The van der Waals surface area contributed by atoms with Crippen LogP contribution < -0.4 is 0 Å². The fourth-order valence-corrected chi connectivity index (χ4v) is 0. The molecule has 0 aliphatic rings. The van der Waals surface area contributed by atoms with Gasteiger partial charge in [-0.3, -0.25) is 0 Å². The summed E-state index contributed by atoms with van der Waals surface area (Å²) in [6.07, 6.45) is 1.79. The van der Waals surface area contributed by atoms with Crippen molar-refractivity contribution < 1.29 is 16.0 Å². The molecule has 0 amide bonds. The molecule has 6 heavy (non-hydrogen) atoms. The Morgan fingerprint density at radius 1 is 1.67 bits per heavy atom. The average molecular weight is 126 g/mol. The van der Waals surface area contributed by atoms with Gasteiger partial charge in [0, 0.05) is 0 Å². The summed E-state index contributed by atoms with van der Waals surface area (Å²) in [5.41, 5.74) is 10.0. The van der Waals surface area contributed by atoms with Crippen LogP contribution in [-0.4, -0.2) is 0 Å². The third kappa shape index (κ3) is 42.7. The quantitative estimate of drug-likeness (QED) is 0.305. The Bertz CT molecular complexity index is 30.0. The average Bonchev–Trinajstić information content (AvgIpc) is 1.72. The van der Waals surface area contributed by atoms with E-state index in [2.05, 4.69) is 22.6 Å². The first kappa shape index (κ1) is 9.29. The van der Waals surface area contributed by atoms with Gasteiger partial charge in [-0.1, -0.05) is 0 Å². The van der Waals surface area contributed by atoms with E-state index in [9.17, 15) is 0 Å². The Kier molecular flexibility index (Phi) is 32.4. The van der Waals surface area contributed by atoms with Crippen LogP contribution in [0, 0.1) is 11.1 Å². The Morgan fingerprint density at radius 3 is 1.83 bits per heavy atom. The van der Waals surface area contributed by atoms with E-state index < -0.39 is 0 Å². The van der Waals surface area contributed by atoms with Crippen LogP contribution in [0.25, 0.3) is 0 Å². The van der Waals surface area contributed by atoms with Gasteiger partial charge in [-0.05, 0) is 0 Å². The third-order valence-electron chi connectivity index (χ3n) is 0.109. The van der Waals surface area contributed by atoms with E-state index in [0.717, 1.165) is 5.32 Å². The van der Waals surface area contributed by atoms with Gasteiger partial charge < -0.3 is 0 Å². The van der Waals surface area contributed by atoms with Crippen molar-refractivity contribution in [1.29, 1.82) is 11.1 Å². The van der Waals surface area contributed by atoms with Crippen LogP contribution in [0.1, 0.15) is 0 Å². The van der Waals surface area contributed by atoms with Crippen molar-refractivity contribution in [1.82, 2.24) is 0 Å². The molecule has 0 aromatic rings. The van der Waals surface area contributed by atoms with E-state index >= 15 is 0 Å². The van der Waals surface area contributed by atoms with Gasteiger partial charge in [-0.2, -0.15) is 0 Å². The SMILES string of the molecule is C=C[CH2][Mn].N=N. The van der Waals surface area contributed by atoms with E-state index in [1.165, 1.54) is 0 Å². The van der Waals surface area contributed by atoms with Crippen LogP contribution in [0.3, 0.4) is 0 Å². The number of nitrogens with one attached hydrogen (secondary N) is 2. The van der Waals surface area contributed by atoms with Crippen LogP contribution in [0.4, 0.5) is 0 Å². The Balaban J connectivity index is 0. The number of rotatable bonds is 1. The topological polar surface area (TPSA) is 47.7 Å². The molecule has 3 heteroatoms. The molecule has 0 radical (unpaired) electrons. The standard InChI is InChI=1S/C3H5.Mn.H2N2/c1-3-2;;1-2/h3H,1-2H2;;1-2H. The van der Waals surface area contributed by atoms with Crippen molar-refractivity contribution >= 4 is 0 Å². The molecule has 0 aliphatic carbocycles. The van der Waals surface area contributed by atoms with Gasteiger partial charge in [-0.25, -0.2) is 11.1 Å². The molecule has 0 saturated heterocycles. The molecule has 0 aromatic heterocycles. The molecule has 0 heterocycles. The molecular weight excluding hydrogens is 119 g/mol. The Hall–Kier alpha value is -0.141. The smallest absolute Gasteiger partial charge is 0.213 e. The summed E-state index contributed by atoms with van der Waals surface area (Å²) in [5, 5.41) is 0.896. The maximum absolute atomic E-state index is 5.00. The molecule has 0 rings (SSSR count). The summed E-state index contributed by atoms with van der Waals surface area (Å²) >= 11 is 3.13. The van der Waals surface area contributed by atoms with Crippen molar-refractivity contribution in [3.8, 4) is 0 Å². The molecular formula is C3H7MnN2. The molecule has 2 N–H and O–H groups in total. The van der Waals surface area contributed by atoms with Gasteiger partial charge in [0.15, 0.2) is 0 Å². The fourth-order valence-electron chi connectivity index (χ4n) is 0. The minimum absolute atomic E-state index is 0.896. The second kappa shape index (κ2) is 20.9. The molecule has 0 unspecified atom stereocenters. The summed E-state index contributed by atoms with van der Waals surface area (Å²) in [6, 6.07) is 0. The second-order valence-electron chi connectivity index (χ2n) is 0.443. The van der Waals surface area contributed by atoms with E-state index in [1.54, 1.807) is 6.08 Å². The Labute approximate surface area is 45.7 Å². The van der Waals surface area contributed by atoms with Crippen molar-refractivity contribution in [3.63, 3.8) is 0 Å². The predicted octanol–water partition coefficient (Wildman–Crippen LogP) is 1.73. The summed E-state index contributed by atoms with van der Waals surface area (Å²) in [5.74, 6) is 0. The minimum Gasteiger partial charge on any atom is -0.213 e. The van der Waals surface area contributed by atoms with Crippen molar-refractivity contribution in [2.24, 2.45) is 0 Å². The molecule has 0 aliphatic heterocycles. The molecule has 0 bridgehead atoms. The zero-order chi connectivity index (χ0) is 5.41. The van der Waals surface area contributed by atoms with Crippen molar-refractivity contribution in [2.75, 3.05) is 0 Å². The number of hydrogen-bond acceptors (Lipinski definition) is 2. The summed E-state index contributed by atoms with van der Waals surface area (Å²) in [4.78, 5) is 0. The van der Waals surface area contributed by atoms with Gasteiger partial charge in [0.25, 0.3) is 0 Å². The van der Waals surface area contributed by atoms with Crippen molar-refractivity contribution in [3.05, 3.63) is 12.7 Å². The number of hydrogen-bond donors (Lipinski definition) is 2. The van der Waals surface area contributed by atoms with E-state index in [0.29, 0.717) is 0 Å². The first-order chi connectivity index (χ1) is 2.91. The largest absolute Gasteiger partial charge is 0.213 e. The van der Waals surface area contributed by atoms with Crippen LogP contribution in [0.2, 0.25) is 5.32 Å². The van der Waals surface area contributed by atoms with E-state index in [4.69, 9.17) is 11.1 Å². The maximum Gasteiger partial charge on any atom is -0.213 e. The fraction of sp³-hybridized carbons (Fsp3) is 0.333. The van der Waals surface area contributed by atoms with Gasteiger partial charge in [0.1, 0.15) is 0 Å². The summed E-state index contributed by atoms with van der Waals surface area (Å²) < 4.78 is 0. The first-order valence-electron chi connectivity index (χ1n) is 1.33. The Morgan fingerprint density at radius 2 is 1.83 bits per heavy atom. The van der Waals surface area contributed by atoms with E-state index in [1.807, 2.05) is 0 Å². The summed E-state index contributed by atoms with van der Waals surface area (Å²) in [6.45, 7) is 3.43. The van der Waals surface area contributed by atoms with Gasteiger partial charge in [0.05, 0.1) is 0 Å². The van der Waals surface area contributed by atoms with Gasteiger partial charge in [-0.15, -0.1) is 0 Å². The second-order valence-corrected chi connectivity index (χ2v) is 0.925. The first-order valence-corrected chi connectivity index (χ1v) is 2.17. The van der Waals surface area contributed by atoms with Crippen LogP contribution in [0.15, 0.2) is 12.7 Å². The predicted molar refractivity (Wildman–Crippen MR) is 20.4 cm³/mol. The third-order valence-corrected chi connectivity index (χ3v) is 0.450. The van der Waals surface area contributed by atoms with Crippen LogP contribution in [0.5, 0.6) is 0 Å². The summed E-state index contributed by atoms with van der Waals surface area (Å²) in [7, 11) is 0. The van der Waals surface area contributed by atoms with Gasteiger partial charge >= 0.3 is 34.0 Å².